The van der Waals surface area contributed by atoms with E-state index in [-0.39, 0.29) is 12.0 Å². The molecule has 0 saturated carbocycles. The van der Waals surface area contributed by atoms with Gasteiger partial charge >= 0.3 is 0 Å². The van der Waals surface area contributed by atoms with Gasteiger partial charge in [0.2, 0.25) is 0 Å². The summed E-state index contributed by atoms with van der Waals surface area (Å²) < 4.78 is 0. The maximum Gasteiger partial charge on any atom is 0.168 e. The Kier molecular flexibility index (Phi) is 2.68. The smallest absolute Gasteiger partial charge is 0.168 e. The zero-order chi connectivity index (χ0) is 10.8. The third-order valence-corrected chi connectivity index (χ3v) is 2.83. The van der Waals surface area contributed by atoms with Crippen LogP contribution in [0.3, 0.4) is 0 Å². The van der Waals surface area contributed by atoms with Gasteiger partial charge in [0.05, 0.1) is 18.0 Å². The van der Waals surface area contributed by atoms with Crippen LogP contribution in [-0.2, 0) is 0 Å². The van der Waals surface area contributed by atoms with E-state index in [9.17, 15) is 9.90 Å². The van der Waals surface area contributed by atoms with Crippen molar-refractivity contribution < 1.29 is 9.90 Å². The van der Waals surface area contributed by atoms with E-state index in [2.05, 4.69) is 9.88 Å². The zero-order valence-electron chi connectivity index (χ0n) is 8.63. The molecule has 0 spiro atoms. The molecule has 1 N–H and O–H groups in total. The quantitative estimate of drug-likeness (QED) is 0.724. The maximum atomic E-state index is 10.4. The van der Waals surface area contributed by atoms with Gasteiger partial charge in [-0.15, -0.1) is 0 Å². The van der Waals surface area contributed by atoms with Crippen molar-refractivity contribution in [3.05, 3.63) is 24.0 Å². The number of carbonyl (C=O) groups is 1. The summed E-state index contributed by atoms with van der Waals surface area (Å²) in [5.41, 5.74) is 1.40. The first-order valence-electron chi connectivity index (χ1n) is 5.05. The number of hydrogen-bond donors (Lipinski definition) is 1. The minimum Gasteiger partial charge on any atom is -0.391 e. The molecule has 0 aromatic carbocycles. The van der Waals surface area contributed by atoms with Gasteiger partial charge in [0, 0.05) is 19.0 Å². The summed E-state index contributed by atoms with van der Waals surface area (Å²) in [6.45, 7) is 3.50. The second kappa shape index (κ2) is 3.98. The number of hydrogen-bond acceptors (Lipinski definition) is 4. The molecule has 2 unspecified atom stereocenters. The fourth-order valence-electron chi connectivity index (χ4n) is 1.81. The molecule has 1 aliphatic rings. The number of pyridine rings is 1. The third kappa shape index (κ3) is 1.99. The molecule has 80 valence electrons. The Hall–Kier alpha value is -1.42. The van der Waals surface area contributed by atoms with Gasteiger partial charge in [-0.2, -0.15) is 0 Å². The monoisotopic (exact) mass is 206 g/mol. The first-order valence-corrected chi connectivity index (χ1v) is 5.05. The number of rotatable bonds is 2. The normalized spacial score (nSPS) is 25.6. The molecule has 1 aromatic rings. The van der Waals surface area contributed by atoms with Crippen molar-refractivity contribution in [3.8, 4) is 0 Å². The lowest BCUT2D eigenvalue weighted by molar-refractivity contribution is 0.111. The second-order valence-corrected chi connectivity index (χ2v) is 4.01. The van der Waals surface area contributed by atoms with Crippen molar-refractivity contribution in [2.45, 2.75) is 13.0 Å². The topological polar surface area (TPSA) is 53.4 Å². The van der Waals surface area contributed by atoms with Crippen molar-refractivity contribution in [3.63, 3.8) is 0 Å². The number of β-amino-alcohol motifs (C(OH)–C–C–N with tert-alkyl or cyclic N) is 1. The molecule has 1 fully saturated rings. The van der Waals surface area contributed by atoms with E-state index in [1.165, 1.54) is 0 Å². The van der Waals surface area contributed by atoms with Crippen LogP contribution in [0.4, 0.5) is 5.69 Å². The Morgan fingerprint density at radius 2 is 2.33 bits per heavy atom. The molecule has 0 amide bonds. The van der Waals surface area contributed by atoms with Gasteiger partial charge in [0.25, 0.3) is 0 Å². The summed E-state index contributed by atoms with van der Waals surface area (Å²) in [7, 11) is 0. The number of anilines is 1. The van der Waals surface area contributed by atoms with Crippen LogP contribution in [0.25, 0.3) is 0 Å². The predicted molar refractivity (Wildman–Crippen MR) is 57.0 cm³/mol. The third-order valence-electron chi connectivity index (χ3n) is 2.83. The first kappa shape index (κ1) is 10.1. The standard InChI is InChI=1S/C11H14N2O2/c1-8-5-13(6-11(8)15)10-3-2-9(7-14)12-4-10/h2-4,7-8,11,15H,5-6H2,1H3. The molecule has 1 saturated heterocycles. The fourth-order valence-corrected chi connectivity index (χ4v) is 1.81. The Balaban J connectivity index is 2.13. The number of aldehydes is 1. The van der Waals surface area contributed by atoms with Crippen molar-refractivity contribution in [2.24, 2.45) is 5.92 Å². The molecule has 0 aliphatic carbocycles. The van der Waals surface area contributed by atoms with Crippen LogP contribution in [0.5, 0.6) is 0 Å². The number of carbonyl (C=O) groups excluding carboxylic acids is 1. The van der Waals surface area contributed by atoms with E-state index < -0.39 is 0 Å². The number of aliphatic hydroxyl groups is 1. The molecule has 4 nitrogen and oxygen atoms in total. The highest BCUT2D eigenvalue weighted by Crippen LogP contribution is 2.22. The highest BCUT2D eigenvalue weighted by atomic mass is 16.3. The Morgan fingerprint density at radius 1 is 1.53 bits per heavy atom. The van der Waals surface area contributed by atoms with Crippen LogP contribution in [0.2, 0.25) is 0 Å². The minimum atomic E-state index is -0.268. The zero-order valence-corrected chi connectivity index (χ0v) is 8.63. The molecule has 2 rings (SSSR count). The van der Waals surface area contributed by atoms with Gasteiger partial charge in [-0.1, -0.05) is 6.92 Å². The molecule has 1 aromatic heterocycles. The van der Waals surface area contributed by atoms with Crippen molar-refractivity contribution in [1.29, 1.82) is 0 Å². The van der Waals surface area contributed by atoms with Crippen LogP contribution >= 0.6 is 0 Å². The van der Waals surface area contributed by atoms with Crippen molar-refractivity contribution >= 4 is 12.0 Å². The summed E-state index contributed by atoms with van der Waals surface area (Å²) >= 11 is 0. The lowest BCUT2D eigenvalue weighted by Crippen LogP contribution is -2.21. The number of nitrogens with zero attached hydrogens (tertiary/aromatic N) is 2. The van der Waals surface area contributed by atoms with Crippen molar-refractivity contribution in [2.75, 3.05) is 18.0 Å². The summed E-state index contributed by atoms with van der Waals surface area (Å²) in [6.07, 6.45) is 2.13. The Labute approximate surface area is 88.6 Å². The van der Waals surface area contributed by atoms with E-state index in [0.717, 1.165) is 18.5 Å². The van der Waals surface area contributed by atoms with Crippen LogP contribution in [0.15, 0.2) is 18.3 Å². The lowest BCUT2D eigenvalue weighted by Gasteiger charge is -2.17. The molecular formula is C11H14N2O2. The van der Waals surface area contributed by atoms with Crippen LogP contribution < -0.4 is 4.90 Å². The average molecular weight is 206 g/mol. The molecule has 4 heteroatoms. The summed E-state index contributed by atoms with van der Waals surface area (Å²) in [6, 6.07) is 3.55. The van der Waals surface area contributed by atoms with Gasteiger partial charge in [0.15, 0.2) is 6.29 Å². The lowest BCUT2D eigenvalue weighted by atomic mass is 10.1. The van der Waals surface area contributed by atoms with E-state index in [0.29, 0.717) is 12.2 Å². The van der Waals surface area contributed by atoms with E-state index in [4.69, 9.17) is 0 Å². The fraction of sp³-hybridized carbons (Fsp3) is 0.455. The van der Waals surface area contributed by atoms with Crippen molar-refractivity contribution in [1.82, 2.24) is 4.98 Å². The molecule has 2 heterocycles. The van der Waals surface area contributed by atoms with Gasteiger partial charge in [-0.05, 0) is 12.1 Å². The highest BCUT2D eigenvalue weighted by molar-refractivity contribution is 5.72. The van der Waals surface area contributed by atoms with Crippen LogP contribution in [-0.4, -0.2) is 35.6 Å². The SMILES string of the molecule is CC1CN(c2ccc(C=O)nc2)CC1O. The minimum absolute atomic E-state index is 0.268. The van der Waals surface area contributed by atoms with E-state index >= 15 is 0 Å². The number of aliphatic hydroxyl groups excluding tert-OH is 1. The Bertz CT molecular complexity index is 340. The van der Waals surface area contributed by atoms with Gasteiger partial charge < -0.3 is 10.0 Å². The molecule has 2 atom stereocenters. The maximum absolute atomic E-state index is 10.4. The predicted octanol–water partition coefficient (Wildman–Crippen LogP) is 0.711. The summed E-state index contributed by atoms with van der Waals surface area (Å²) in [4.78, 5) is 16.5. The second-order valence-electron chi connectivity index (χ2n) is 4.01. The molecule has 15 heavy (non-hydrogen) atoms. The summed E-state index contributed by atoms with van der Waals surface area (Å²) in [5.74, 6) is 0.288. The largest absolute Gasteiger partial charge is 0.391 e. The highest BCUT2D eigenvalue weighted by Gasteiger charge is 2.27. The first-order chi connectivity index (χ1) is 7.20. The number of aromatic nitrogens is 1. The molecular weight excluding hydrogens is 192 g/mol. The average Bonchev–Trinajstić information content (AvgIpc) is 2.59. The van der Waals surface area contributed by atoms with Gasteiger partial charge in [-0.25, -0.2) is 0 Å². The molecule has 0 bridgehead atoms. The molecule has 1 aliphatic heterocycles. The Morgan fingerprint density at radius 3 is 2.80 bits per heavy atom. The van der Waals surface area contributed by atoms with Gasteiger partial charge in [0.1, 0.15) is 5.69 Å². The van der Waals surface area contributed by atoms with Crippen LogP contribution in [0.1, 0.15) is 17.4 Å². The summed E-state index contributed by atoms with van der Waals surface area (Å²) in [5, 5.41) is 9.61. The van der Waals surface area contributed by atoms with E-state index in [1.807, 2.05) is 13.0 Å². The van der Waals surface area contributed by atoms with Gasteiger partial charge in [-0.3, -0.25) is 9.78 Å². The molecule has 0 radical (unpaired) electrons. The van der Waals surface area contributed by atoms with E-state index in [1.54, 1.807) is 12.3 Å². The van der Waals surface area contributed by atoms with Crippen LogP contribution in [0, 0.1) is 5.92 Å².